The van der Waals surface area contributed by atoms with Gasteiger partial charge >= 0.3 is 6.09 Å². The molecule has 0 bridgehead atoms. The van der Waals surface area contributed by atoms with Gasteiger partial charge in [0, 0.05) is 19.1 Å². The van der Waals surface area contributed by atoms with Crippen molar-refractivity contribution in [3.8, 4) is 11.5 Å². The molecule has 1 atom stereocenters. The Bertz CT molecular complexity index is 1240. The first kappa shape index (κ1) is 27.3. The van der Waals surface area contributed by atoms with Crippen molar-refractivity contribution in [1.29, 1.82) is 0 Å². The summed E-state index contributed by atoms with van der Waals surface area (Å²) in [7, 11) is 0. The fraction of sp³-hybridized carbons (Fsp3) is 0.333. The monoisotopic (exact) mass is 536 g/mol. The zero-order valence-corrected chi connectivity index (χ0v) is 22.7. The van der Waals surface area contributed by atoms with E-state index in [1.54, 1.807) is 17.0 Å². The summed E-state index contributed by atoms with van der Waals surface area (Å²) in [6.45, 7) is 6.94. The van der Waals surface area contributed by atoms with E-state index in [0.717, 1.165) is 11.1 Å². The maximum absolute atomic E-state index is 13.2. The summed E-state index contributed by atoms with van der Waals surface area (Å²) in [6.07, 6.45) is 0.238. The second kappa shape index (κ2) is 12.2. The Morgan fingerprint density at radius 1 is 0.921 bits per heavy atom. The van der Waals surface area contributed by atoms with E-state index in [-0.39, 0.29) is 35.2 Å². The van der Waals surface area contributed by atoms with E-state index < -0.39 is 5.60 Å². The minimum absolute atomic E-state index is 0.172. The summed E-state index contributed by atoms with van der Waals surface area (Å²) in [4.78, 5) is 27.2. The van der Waals surface area contributed by atoms with Crippen LogP contribution in [0, 0.1) is 0 Å². The Hall–Kier alpha value is -3.71. The van der Waals surface area contributed by atoms with E-state index in [0.29, 0.717) is 37.6 Å². The molecule has 0 radical (unpaired) electrons. The molecule has 0 spiro atoms. The zero-order chi connectivity index (χ0) is 27.1. The largest absolute Gasteiger partial charge is 0.485 e. The number of hydrogen-bond donors (Lipinski definition) is 1. The highest BCUT2D eigenvalue weighted by Gasteiger charge is 2.31. The van der Waals surface area contributed by atoms with E-state index in [9.17, 15) is 9.59 Å². The fourth-order valence-corrected chi connectivity index (χ4v) is 4.36. The molecule has 1 fully saturated rings. The van der Waals surface area contributed by atoms with Gasteiger partial charge < -0.3 is 24.4 Å². The van der Waals surface area contributed by atoms with Crippen LogP contribution in [0.5, 0.6) is 11.5 Å². The van der Waals surface area contributed by atoms with Gasteiger partial charge in [0.25, 0.3) is 5.91 Å². The van der Waals surface area contributed by atoms with Crippen LogP contribution >= 0.6 is 11.6 Å². The van der Waals surface area contributed by atoms with Gasteiger partial charge in [0.05, 0.1) is 10.6 Å². The molecule has 1 aliphatic heterocycles. The van der Waals surface area contributed by atoms with Crippen molar-refractivity contribution in [2.75, 3.05) is 13.1 Å². The van der Waals surface area contributed by atoms with Gasteiger partial charge in [-0.05, 0) is 50.5 Å². The molecule has 8 heteroatoms. The topological polar surface area (TPSA) is 77.1 Å². The number of hydrogen-bond acceptors (Lipinski definition) is 5. The molecule has 1 N–H and O–H groups in total. The minimum atomic E-state index is -0.577. The summed E-state index contributed by atoms with van der Waals surface area (Å²) in [5.41, 5.74) is 1.65. The molecule has 3 aromatic rings. The first-order chi connectivity index (χ1) is 18.2. The average molecular weight is 537 g/mol. The number of amides is 2. The van der Waals surface area contributed by atoms with Crippen molar-refractivity contribution < 1.29 is 23.8 Å². The lowest BCUT2D eigenvalue weighted by Gasteiger charge is -2.24. The molecule has 7 nitrogen and oxygen atoms in total. The third kappa shape index (κ3) is 7.42. The van der Waals surface area contributed by atoms with Crippen molar-refractivity contribution in [2.24, 2.45) is 0 Å². The van der Waals surface area contributed by atoms with Gasteiger partial charge in [-0.25, -0.2) is 4.79 Å². The maximum atomic E-state index is 13.2. The van der Waals surface area contributed by atoms with Gasteiger partial charge in [-0.3, -0.25) is 4.79 Å². The lowest BCUT2D eigenvalue weighted by Crippen LogP contribution is -2.40. The van der Waals surface area contributed by atoms with E-state index in [1.165, 1.54) is 0 Å². The first-order valence-corrected chi connectivity index (χ1v) is 13.0. The van der Waals surface area contributed by atoms with E-state index in [4.69, 9.17) is 25.8 Å². The average Bonchev–Trinajstić information content (AvgIpc) is 3.36. The first-order valence-electron chi connectivity index (χ1n) is 12.6. The van der Waals surface area contributed by atoms with Crippen LogP contribution in [0.1, 0.15) is 48.7 Å². The van der Waals surface area contributed by atoms with Crippen molar-refractivity contribution >= 4 is 23.6 Å². The van der Waals surface area contributed by atoms with Crippen LogP contribution in [0.3, 0.4) is 0 Å². The molecule has 1 heterocycles. The molecule has 4 rings (SSSR count). The molecule has 1 unspecified atom stereocenters. The van der Waals surface area contributed by atoms with Crippen molar-refractivity contribution in [1.82, 2.24) is 10.2 Å². The highest BCUT2D eigenvalue weighted by atomic mass is 35.5. The number of carbonyl (C=O) groups is 2. The number of carbonyl (C=O) groups excluding carboxylic acids is 2. The Morgan fingerprint density at radius 2 is 1.53 bits per heavy atom. The zero-order valence-electron chi connectivity index (χ0n) is 21.9. The molecule has 2 amide bonds. The van der Waals surface area contributed by atoms with E-state index in [2.05, 4.69) is 5.32 Å². The Morgan fingerprint density at radius 3 is 2.13 bits per heavy atom. The minimum Gasteiger partial charge on any atom is -0.485 e. The number of rotatable bonds is 8. The number of likely N-dealkylation sites (tertiary alicyclic amines) is 1. The number of benzene rings is 3. The molecule has 200 valence electrons. The molecule has 0 saturated carbocycles. The Kier molecular flexibility index (Phi) is 8.79. The summed E-state index contributed by atoms with van der Waals surface area (Å²) in [5.74, 6) is 0.411. The third-order valence-electron chi connectivity index (χ3n) is 5.94. The van der Waals surface area contributed by atoms with Crippen LogP contribution in [0.25, 0.3) is 0 Å². The van der Waals surface area contributed by atoms with Gasteiger partial charge in [-0.1, -0.05) is 72.3 Å². The van der Waals surface area contributed by atoms with Gasteiger partial charge in [0.2, 0.25) is 0 Å². The normalized spacial score (nSPS) is 15.2. The molecule has 0 aliphatic carbocycles. The Labute approximate surface area is 228 Å². The van der Waals surface area contributed by atoms with Crippen molar-refractivity contribution in [2.45, 2.75) is 52.0 Å². The lowest BCUT2D eigenvalue weighted by molar-refractivity contribution is 0.0290. The van der Waals surface area contributed by atoms with Crippen molar-refractivity contribution in [3.63, 3.8) is 0 Å². The smallest absolute Gasteiger partial charge is 0.410 e. The summed E-state index contributed by atoms with van der Waals surface area (Å²) in [5, 5.41) is 3.17. The van der Waals surface area contributed by atoms with E-state index in [1.807, 2.05) is 81.4 Å². The molecule has 3 aromatic carbocycles. The highest BCUT2D eigenvalue weighted by molar-refractivity contribution is 6.35. The van der Waals surface area contributed by atoms with Gasteiger partial charge in [-0.2, -0.15) is 0 Å². The van der Waals surface area contributed by atoms with Gasteiger partial charge in [0.1, 0.15) is 18.8 Å². The highest BCUT2D eigenvalue weighted by Crippen LogP contribution is 2.39. The maximum Gasteiger partial charge on any atom is 0.410 e. The number of nitrogens with one attached hydrogen (secondary N) is 1. The summed E-state index contributed by atoms with van der Waals surface area (Å²) in [6, 6.07) is 22.6. The number of nitrogens with zero attached hydrogens (tertiary/aromatic N) is 1. The van der Waals surface area contributed by atoms with Crippen LogP contribution in [-0.2, 0) is 18.0 Å². The molecular formula is C30H33ClN2O5. The van der Waals surface area contributed by atoms with Crippen LogP contribution < -0.4 is 14.8 Å². The summed E-state index contributed by atoms with van der Waals surface area (Å²) >= 11 is 6.74. The standard InChI is InChI=1S/C30H33ClN2O5/c1-30(2,3)38-29(35)33-17-16-23(18-33)32-28(34)24-14-15-25(36-19-21-10-6-4-7-11-21)27(26(24)31)37-20-22-12-8-5-9-13-22/h4-15,23H,16-20H2,1-3H3,(H,32,34). The van der Waals surface area contributed by atoms with Crippen molar-refractivity contribution in [3.05, 3.63) is 94.5 Å². The predicted molar refractivity (Wildman–Crippen MR) is 147 cm³/mol. The van der Waals surface area contributed by atoms with Crippen LogP contribution in [0.4, 0.5) is 4.79 Å². The molecule has 1 aliphatic rings. The number of halogens is 1. The van der Waals surface area contributed by atoms with Crippen LogP contribution in [0.2, 0.25) is 5.02 Å². The van der Waals surface area contributed by atoms with Gasteiger partial charge in [0.15, 0.2) is 11.5 Å². The molecular weight excluding hydrogens is 504 g/mol. The second-order valence-corrected chi connectivity index (χ2v) is 10.6. The third-order valence-corrected chi connectivity index (χ3v) is 6.32. The quantitative estimate of drug-likeness (QED) is 0.369. The fourth-order valence-electron chi connectivity index (χ4n) is 4.06. The Balaban J connectivity index is 1.48. The van der Waals surface area contributed by atoms with Crippen LogP contribution in [-0.4, -0.2) is 41.6 Å². The summed E-state index contributed by atoms with van der Waals surface area (Å²) < 4.78 is 17.6. The SMILES string of the molecule is CC(C)(C)OC(=O)N1CCC(NC(=O)c2ccc(OCc3ccccc3)c(OCc3ccccc3)c2Cl)C1. The molecule has 38 heavy (non-hydrogen) atoms. The van der Waals surface area contributed by atoms with Crippen LogP contribution in [0.15, 0.2) is 72.8 Å². The van der Waals surface area contributed by atoms with E-state index >= 15 is 0 Å². The number of ether oxygens (including phenoxy) is 3. The molecule has 0 aromatic heterocycles. The molecule has 1 saturated heterocycles. The predicted octanol–water partition coefficient (Wildman–Crippen LogP) is 6.24. The van der Waals surface area contributed by atoms with Gasteiger partial charge in [-0.15, -0.1) is 0 Å². The lowest BCUT2D eigenvalue weighted by atomic mass is 10.1. The second-order valence-electron chi connectivity index (χ2n) is 10.2.